The Hall–Kier alpha value is -1.02. The second-order valence-electron chi connectivity index (χ2n) is 6.49. The summed E-state index contributed by atoms with van der Waals surface area (Å²) in [5.41, 5.74) is 1.42. The van der Waals surface area contributed by atoms with Crippen LogP contribution in [0.3, 0.4) is 0 Å². The Morgan fingerprint density at radius 3 is 2.63 bits per heavy atom. The van der Waals surface area contributed by atoms with Gasteiger partial charge in [-0.15, -0.1) is 0 Å². The standard InChI is InChI=1S/C17H23NO/c1-18-17(16-14-6-3-7-15(14)16)11-4-2-5-13(10-11)19-12-8-9-12/h2,4-5,10,12,14-18H,3,6-9H2,1H3. The number of hydrogen-bond acceptors (Lipinski definition) is 2. The average molecular weight is 257 g/mol. The molecule has 3 unspecified atom stereocenters. The molecule has 0 radical (unpaired) electrons. The van der Waals surface area contributed by atoms with Gasteiger partial charge in [0, 0.05) is 6.04 Å². The summed E-state index contributed by atoms with van der Waals surface area (Å²) >= 11 is 0. The summed E-state index contributed by atoms with van der Waals surface area (Å²) in [6, 6.07) is 9.29. The molecule has 3 atom stereocenters. The topological polar surface area (TPSA) is 21.3 Å². The van der Waals surface area contributed by atoms with Crippen molar-refractivity contribution in [2.45, 2.75) is 44.2 Å². The van der Waals surface area contributed by atoms with Gasteiger partial charge in [-0.2, -0.15) is 0 Å². The molecule has 3 aliphatic carbocycles. The molecule has 0 heterocycles. The first kappa shape index (κ1) is 11.8. The van der Waals surface area contributed by atoms with Gasteiger partial charge in [-0.1, -0.05) is 18.6 Å². The molecule has 3 saturated carbocycles. The Bertz CT molecular complexity index is 458. The largest absolute Gasteiger partial charge is 0.490 e. The van der Waals surface area contributed by atoms with Gasteiger partial charge in [0.15, 0.2) is 0 Å². The Kier molecular flexibility index (Phi) is 2.80. The molecule has 0 aromatic heterocycles. The van der Waals surface area contributed by atoms with Gasteiger partial charge in [0.2, 0.25) is 0 Å². The second-order valence-corrected chi connectivity index (χ2v) is 6.49. The lowest BCUT2D eigenvalue weighted by molar-refractivity contribution is 0.302. The molecule has 0 amide bonds. The summed E-state index contributed by atoms with van der Waals surface area (Å²) < 4.78 is 5.93. The molecule has 0 aliphatic heterocycles. The van der Waals surface area contributed by atoms with E-state index < -0.39 is 0 Å². The Morgan fingerprint density at radius 2 is 1.95 bits per heavy atom. The number of fused-ring (bicyclic) bond motifs is 1. The molecule has 1 N–H and O–H groups in total. The fraction of sp³-hybridized carbons (Fsp3) is 0.647. The van der Waals surface area contributed by atoms with Crippen LogP contribution in [-0.2, 0) is 0 Å². The third-order valence-electron chi connectivity index (χ3n) is 5.21. The lowest BCUT2D eigenvalue weighted by Crippen LogP contribution is -2.20. The van der Waals surface area contributed by atoms with Crippen molar-refractivity contribution in [1.82, 2.24) is 5.32 Å². The lowest BCUT2D eigenvalue weighted by atomic mass is 9.97. The van der Waals surface area contributed by atoms with Crippen LogP contribution in [0.25, 0.3) is 0 Å². The maximum absolute atomic E-state index is 5.93. The van der Waals surface area contributed by atoms with Crippen molar-refractivity contribution in [2.24, 2.45) is 17.8 Å². The monoisotopic (exact) mass is 257 g/mol. The fourth-order valence-corrected chi connectivity index (χ4v) is 4.11. The Labute approximate surface area is 115 Å². The molecule has 4 rings (SSSR count). The summed E-state index contributed by atoms with van der Waals surface area (Å²) in [5.74, 6) is 3.91. The number of ether oxygens (including phenoxy) is 1. The highest BCUT2D eigenvalue weighted by Crippen LogP contribution is 2.62. The van der Waals surface area contributed by atoms with E-state index in [4.69, 9.17) is 4.74 Å². The van der Waals surface area contributed by atoms with Gasteiger partial charge in [0.1, 0.15) is 5.75 Å². The van der Waals surface area contributed by atoms with E-state index in [1.165, 1.54) is 37.7 Å². The highest BCUT2D eigenvalue weighted by molar-refractivity contribution is 5.33. The van der Waals surface area contributed by atoms with Crippen molar-refractivity contribution in [2.75, 3.05) is 7.05 Å². The molecule has 1 aromatic rings. The molecule has 102 valence electrons. The number of nitrogens with one attached hydrogen (secondary N) is 1. The maximum atomic E-state index is 5.93. The van der Waals surface area contributed by atoms with Crippen LogP contribution in [0.15, 0.2) is 24.3 Å². The van der Waals surface area contributed by atoms with Crippen molar-refractivity contribution in [1.29, 1.82) is 0 Å². The summed E-state index contributed by atoms with van der Waals surface area (Å²) in [6.07, 6.45) is 7.30. The molecule has 3 aliphatic rings. The SMILES string of the molecule is CNC(c1cccc(OC2CC2)c1)C1C2CCCC21. The molecule has 0 saturated heterocycles. The zero-order chi connectivity index (χ0) is 12.8. The van der Waals surface area contributed by atoms with E-state index in [2.05, 4.69) is 36.6 Å². The first-order valence-corrected chi connectivity index (χ1v) is 7.80. The zero-order valence-corrected chi connectivity index (χ0v) is 11.6. The van der Waals surface area contributed by atoms with Gasteiger partial charge in [0.05, 0.1) is 6.10 Å². The average Bonchev–Trinajstić information content (AvgIpc) is 3.32. The predicted octanol–water partition coefficient (Wildman–Crippen LogP) is 3.53. The summed E-state index contributed by atoms with van der Waals surface area (Å²) in [5, 5.41) is 3.55. The van der Waals surface area contributed by atoms with E-state index in [0.29, 0.717) is 12.1 Å². The highest BCUT2D eigenvalue weighted by Gasteiger charge is 2.55. The smallest absolute Gasteiger partial charge is 0.120 e. The first-order chi connectivity index (χ1) is 9.36. The van der Waals surface area contributed by atoms with Crippen molar-refractivity contribution in [3.8, 4) is 5.75 Å². The van der Waals surface area contributed by atoms with E-state index >= 15 is 0 Å². The number of hydrogen-bond donors (Lipinski definition) is 1. The van der Waals surface area contributed by atoms with Crippen LogP contribution in [0.1, 0.15) is 43.7 Å². The lowest BCUT2D eigenvalue weighted by Gasteiger charge is -2.19. The van der Waals surface area contributed by atoms with Gasteiger partial charge in [-0.3, -0.25) is 0 Å². The molecule has 2 heteroatoms. The van der Waals surface area contributed by atoms with Crippen molar-refractivity contribution in [3.05, 3.63) is 29.8 Å². The van der Waals surface area contributed by atoms with Crippen molar-refractivity contribution < 1.29 is 4.74 Å². The number of rotatable bonds is 5. The van der Waals surface area contributed by atoms with Gasteiger partial charge < -0.3 is 10.1 Å². The van der Waals surface area contributed by atoms with Crippen LogP contribution >= 0.6 is 0 Å². The van der Waals surface area contributed by atoms with E-state index in [1.807, 2.05) is 0 Å². The minimum atomic E-state index is 0.489. The third-order valence-corrected chi connectivity index (χ3v) is 5.21. The van der Waals surface area contributed by atoms with E-state index in [1.54, 1.807) is 0 Å². The van der Waals surface area contributed by atoms with Gasteiger partial charge in [0.25, 0.3) is 0 Å². The summed E-state index contributed by atoms with van der Waals surface area (Å²) in [6.45, 7) is 0. The molecule has 3 fully saturated rings. The molecular weight excluding hydrogens is 234 g/mol. The molecule has 19 heavy (non-hydrogen) atoms. The zero-order valence-electron chi connectivity index (χ0n) is 11.6. The van der Waals surface area contributed by atoms with Gasteiger partial charge in [-0.25, -0.2) is 0 Å². The van der Waals surface area contributed by atoms with Gasteiger partial charge >= 0.3 is 0 Å². The molecule has 0 bridgehead atoms. The first-order valence-electron chi connectivity index (χ1n) is 7.80. The fourth-order valence-electron chi connectivity index (χ4n) is 4.11. The van der Waals surface area contributed by atoms with E-state index in [0.717, 1.165) is 23.5 Å². The van der Waals surface area contributed by atoms with Crippen molar-refractivity contribution in [3.63, 3.8) is 0 Å². The minimum absolute atomic E-state index is 0.489. The van der Waals surface area contributed by atoms with Crippen LogP contribution in [0.5, 0.6) is 5.75 Å². The minimum Gasteiger partial charge on any atom is -0.490 e. The van der Waals surface area contributed by atoms with Crippen LogP contribution in [0.2, 0.25) is 0 Å². The van der Waals surface area contributed by atoms with Crippen LogP contribution < -0.4 is 10.1 Å². The second kappa shape index (κ2) is 4.52. The molecule has 1 aromatic carbocycles. The molecule has 2 nitrogen and oxygen atoms in total. The van der Waals surface area contributed by atoms with Crippen molar-refractivity contribution >= 4 is 0 Å². The molecule has 0 spiro atoms. The Morgan fingerprint density at radius 1 is 1.16 bits per heavy atom. The van der Waals surface area contributed by atoms with E-state index in [9.17, 15) is 0 Å². The molecular formula is C17H23NO. The summed E-state index contributed by atoms with van der Waals surface area (Å²) in [4.78, 5) is 0. The number of benzene rings is 1. The highest BCUT2D eigenvalue weighted by atomic mass is 16.5. The summed E-state index contributed by atoms with van der Waals surface area (Å²) in [7, 11) is 2.10. The quantitative estimate of drug-likeness (QED) is 0.871. The normalized spacial score (nSPS) is 33.8. The predicted molar refractivity (Wildman–Crippen MR) is 76.2 cm³/mol. The maximum Gasteiger partial charge on any atom is 0.120 e. The third kappa shape index (κ3) is 2.16. The van der Waals surface area contributed by atoms with E-state index in [-0.39, 0.29) is 0 Å². The van der Waals surface area contributed by atoms with Gasteiger partial charge in [-0.05, 0) is 68.2 Å². The Balaban J connectivity index is 1.52. The van der Waals surface area contributed by atoms with Crippen LogP contribution in [0.4, 0.5) is 0 Å². The van der Waals surface area contributed by atoms with Crippen LogP contribution in [-0.4, -0.2) is 13.2 Å². The van der Waals surface area contributed by atoms with Crippen LogP contribution in [0, 0.1) is 17.8 Å².